The van der Waals surface area contributed by atoms with Crippen molar-refractivity contribution in [3.8, 4) is 0 Å². The molecule has 6 heterocycles. The zero-order chi connectivity index (χ0) is 46.8. The van der Waals surface area contributed by atoms with Crippen LogP contribution >= 0.6 is 15.9 Å². The van der Waals surface area contributed by atoms with E-state index >= 15 is 0 Å². The van der Waals surface area contributed by atoms with E-state index in [1.54, 1.807) is 33.3 Å². The first-order valence-electron chi connectivity index (χ1n) is 23.9. The van der Waals surface area contributed by atoms with Crippen molar-refractivity contribution >= 4 is 21.9 Å². The number of esters is 1. The van der Waals surface area contributed by atoms with Crippen molar-refractivity contribution in [1.82, 2.24) is 0 Å². The number of fused-ring (bicyclic) bond motifs is 2. The van der Waals surface area contributed by atoms with Crippen molar-refractivity contribution in [2.24, 2.45) is 23.7 Å². The van der Waals surface area contributed by atoms with Gasteiger partial charge in [-0.3, -0.25) is 4.79 Å². The summed E-state index contributed by atoms with van der Waals surface area (Å²) in [7, 11) is 3.36. The van der Waals surface area contributed by atoms with Crippen LogP contribution < -0.4 is 0 Å². The van der Waals surface area contributed by atoms with Crippen molar-refractivity contribution in [2.45, 2.75) is 191 Å². The average Bonchev–Trinajstić information content (AvgIpc) is 3.62. The van der Waals surface area contributed by atoms with E-state index in [1.807, 2.05) is 32.1 Å². The lowest BCUT2D eigenvalue weighted by atomic mass is 9.71. The highest BCUT2D eigenvalue weighted by Gasteiger charge is 2.60. The minimum absolute atomic E-state index is 0.0366. The standard InChI is InChI=1S/C50H75BrO14/c1-11-27(2)44-30(5)17-18-49(65-44)25-36-22-35(64-49)16-15-29(4)43(28(3)13-12-14-34-26-58-47-42(52)31(6)21-37(48(53)61-36)50(34,47)54)62-40-24-39(56-10)46(33(8)60-40)63-41-23-38(55-9)45(32(7)59-41)57-20-19-51/h12-15,17-18,21,27-28,30,32-33,35-47,52,54H,11,16,19-20,22-26H2,1-10H3/b13-12+,29-15+,34-14+/t27?,28-,30-,32-,33-,35+,36-,37?,38-,39-,40-,41-,42+,43?,44+,45-,46?,47+,49+,50?/m0/s1. The van der Waals surface area contributed by atoms with Crippen LogP contribution in [0, 0.1) is 23.7 Å². The van der Waals surface area contributed by atoms with Gasteiger partial charge in [0.15, 0.2) is 18.4 Å². The maximum absolute atomic E-state index is 14.4. The highest BCUT2D eigenvalue weighted by Crippen LogP contribution is 2.47. The lowest BCUT2D eigenvalue weighted by Gasteiger charge is -2.48. The van der Waals surface area contributed by atoms with Crippen LogP contribution in [-0.2, 0) is 56.9 Å². The molecule has 0 aromatic heterocycles. The molecular weight excluding hydrogens is 904 g/mol. The molecule has 7 rings (SSSR count). The molecule has 366 valence electrons. The number of hydrogen-bond acceptors (Lipinski definition) is 14. The van der Waals surface area contributed by atoms with E-state index < -0.39 is 72.5 Å². The minimum Gasteiger partial charge on any atom is -0.462 e. The highest BCUT2D eigenvalue weighted by atomic mass is 79.9. The van der Waals surface area contributed by atoms with E-state index in [0.717, 1.165) is 17.3 Å². The Kier molecular flexibility index (Phi) is 17.2. The van der Waals surface area contributed by atoms with Crippen LogP contribution in [-0.4, -0.2) is 146 Å². The first-order valence-corrected chi connectivity index (χ1v) is 25.0. The number of aliphatic hydroxyl groups is 2. The Bertz CT molecular complexity index is 1780. The van der Waals surface area contributed by atoms with Crippen LogP contribution in [0.15, 0.2) is 59.3 Å². The van der Waals surface area contributed by atoms with E-state index in [-0.39, 0.29) is 61.0 Å². The van der Waals surface area contributed by atoms with Crippen LogP contribution in [0.3, 0.4) is 0 Å². The second-order valence-corrected chi connectivity index (χ2v) is 20.3. The van der Waals surface area contributed by atoms with Gasteiger partial charge in [0.05, 0.1) is 55.9 Å². The predicted molar refractivity (Wildman–Crippen MR) is 245 cm³/mol. The molecule has 65 heavy (non-hydrogen) atoms. The van der Waals surface area contributed by atoms with Gasteiger partial charge < -0.3 is 62.3 Å². The van der Waals surface area contributed by atoms with E-state index in [2.05, 4.69) is 62.7 Å². The monoisotopic (exact) mass is 978 g/mol. The maximum Gasteiger partial charge on any atom is 0.316 e. The molecule has 1 aliphatic carbocycles. The summed E-state index contributed by atoms with van der Waals surface area (Å²) >= 11 is 3.44. The average molecular weight is 980 g/mol. The van der Waals surface area contributed by atoms with E-state index in [1.165, 1.54) is 0 Å². The molecule has 0 amide bonds. The van der Waals surface area contributed by atoms with Crippen molar-refractivity contribution in [3.05, 3.63) is 59.3 Å². The number of ether oxygens (including phenoxy) is 11. The summed E-state index contributed by atoms with van der Waals surface area (Å²) in [5, 5.41) is 24.5. The van der Waals surface area contributed by atoms with Gasteiger partial charge in [-0.2, -0.15) is 0 Å². The fourth-order valence-electron chi connectivity index (χ4n) is 11.0. The molecule has 5 unspecified atom stereocenters. The smallest absolute Gasteiger partial charge is 0.316 e. The van der Waals surface area contributed by atoms with E-state index in [4.69, 9.17) is 52.1 Å². The van der Waals surface area contributed by atoms with Crippen molar-refractivity contribution < 1.29 is 67.1 Å². The largest absolute Gasteiger partial charge is 0.462 e. The molecule has 0 saturated carbocycles. The number of aliphatic hydroxyl groups excluding tert-OH is 1. The number of methoxy groups -OCH3 is 2. The molecule has 6 aliphatic heterocycles. The Hall–Kier alpha value is -1.83. The van der Waals surface area contributed by atoms with Crippen LogP contribution in [0.1, 0.15) is 93.9 Å². The molecule has 0 aromatic carbocycles. The molecule has 15 heteroatoms. The van der Waals surface area contributed by atoms with Crippen LogP contribution in [0.4, 0.5) is 0 Å². The summed E-state index contributed by atoms with van der Waals surface area (Å²) in [6, 6.07) is 0. The van der Waals surface area contributed by atoms with Crippen LogP contribution in [0.25, 0.3) is 0 Å². The number of carbonyl (C=O) groups is 1. The zero-order valence-corrected chi connectivity index (χ0v) is 41.6. The minimum atomic E-state index is -1.83. The Balaban J connectivity index is 1.16. The predicted octanol–water partition coefficient (Wildman–Crippen LogP) is 6.80. The number of alkyl halides is 1. The molecule has 4 fully saturated rings. The first kappa shape index (κ1) is 51.0. The van der Waals surface area contributed by atoms with Crippen LogP contribution in [0.5, 0.6) is 0 Å². The third-order valence-electron chi connectivity index (χ3n) is 14.9. The molecule has 4 saturated heterocycles. The lowest BCUT2D eigenvalue weighted by molar-refractivity contribution is -0.320. The SMILES string of the molecule is CCC(C)[C@H]1O[C@]2(C=C[C@@H]1C)C[C@@H]1C[C@@H](C/C=C(\C)C(O[C@H]3C[C@H](OC)C(O[C@H]4C[C@H](OC)[C@@H](OCCBr)[C@H](C)O4)[C@H](C)O3)[C@@H](C)/C=C/C=C3\CO[C@@H]4[C@H](O)C(C)=CC(C(=O)O1)C34O)O2. The Morgan fingerprint density at radius 1 is 0.908 bits per heavy atom. The van der Waals surface area contributed by atoms with Gasteiger partial charge in [0, 0.05) is 57.1 Å². The van der Waals surface area contributed by atoms with Crippen LogP contribution in [0.2, 0.25) is 0 Å². The highest BCUT2D eigenvalue weighted by molar-refractivity contribution is 9.09. The molecule has 2 bridgehead atoms. The van der Waals surface area contributed by atoms with Gasteiger partial charge in [0.25, 0.3) is 0 Å². The molecule has 14 nitrogen and oxygen atoms in total. The van der Waals surface area contributed by atoms with Crippen molar-refractivity contribution in [2.75, 3.05) is 32.8 Å². The molecule has 0 aromatic rings. The summed E-state index contributed by atoms with van der Waals surface area (Å²) in [6.45, 7) is 16.9. The Labute approximate surface area is 394 Å². The summed E-state index contributed by atoms with van der Waals surface area (Å²) in [6.07, 6.45) is 9.97. The summed E-state index contributed by atoms with van der Waals surface area (Å²) < 4.78 is 70.7. The second kappa shape index (κ2) is 21.9. The Morgan fingerprint density at radius 2 is 1.60 bits per heavy atom. The summed E-state index contributed by atoms with van der Waals surface area (Å²) in [4.78, 5) is 14.4. The number of halogens is 1. The Morgan fingerprint density at radius 3 is 2.29 bits per heavy atom. The molecule has 0 radical (unpaired) electrons. The van der Waals surface area contributed by atoms with E-state index in [9.17, 15) is 15.0 Å². The lowest BCUT2D eigenvalue weighted by Crippen LogP contribution is -2.58. The van der Waals surface area contributed by atoms with Gasteiger partial charge >= 0.3 is 5.97 Å². The molecule has 20 atom stereocenters. The maximum atomic E-state index is 14.4. The third-order valence-corrected chi connectivity index (χ3v) is 15.2. The number of allylic oxidation sites excluding steroid dienone is 2. The molecule has 2 N–H and O–H groups in total. The van der Waals surface area contributed by atoms with Gasteiger partial charge in [0.2, 0.25) is 0 Å². The number of carbonyl (C=O) groups excluding carboxylic acids is 1. The number of rotatable bonds is 11. The van der Waals surface area contributed by atoms with Gasteiger partial charge in [-0.15, -0.1) is 0 Å². The number of hydrogen-bond donors (Lipinski definition) is 2. The topological polar surface area (TPSA) is 159 Å². The zero-order valence-electron chi connectivity index (χ0n) is 40.0. The normalized spacial score (nSPS) is 47.4. The van der Waals surface area contributed by atoms with Gasteiger partial charge in [-0.25, -0.2) is 0 Å². The molecule has 1 spiro atoms. The second-order valence-electron chi connectivity index (χ2n) is 19.5. The van der Waals surface area contributed by atoms with Crippen molar-refractivity contribution in [3.63, 3.8) is 0 Å². The summed E-state index contributed by atoms with van der Waals surface area (Å²) in [5.74, 6) is -2.54. The van der Waals surface area contributed by atoms with Gasteiger partial charge in [-0.1, -0.05) is 86.5 Å². The molecular formula is C50H75BrO14. The first-order chi connectivity index (χ1) is 31.0. The fraction of sp³-hybridized carbons (Fsp3) is 0.780. The summed E-state index contributed by atoms with van der Waals surface area (Å²) in [5.41, 5.74) is 0.160. The van der Waals surface area contributed by atoms with Crippen molar-refractivity contribution in [1.29, 1.82) is 0 Å². The van der Waals surface area contributed by atoms with Gasteiger partial charge in [-0.05, 0) is 62.8 Å². The fourth-order valence-corrected chi connectivity index (χ4v) is 11.2. The quantitative estimate of drug-likeness (QED) is 0.127. The third kappa shape index (κ3) is 11.0. The van der Waals surface area contributed by atoms with Gasteiger partial charge in [0.1, 0.15) is 42.0 Å². The van der Waals surface area contributed by atoms with E-state index in [0.29, 0.717) is 49.9 Å². The molecule has 7 aliphatic rings.